The van der Waals surface area contributed by atoms with Crippen molar-refractivity contribution in [2.45, 2.75) is 19.4 Å². The third-order valence-electron chi connectivity index (χ3n) is 2.12. The molecule has 0 aliphatic heterocycles. The van der Waals surface area contributed by atoms with Crippen LogP contribution in [0.1, 0.15) is 24.3 Å². The second kappa shape index (κ2) is 5.60. The minimum atomic E-state index is -0.432. The summed E-state index contributed by atoms with van der Waals surface area (Å²) in [6.07, 6.45) is 1.50. The van der Waals surface area contributed by atoms with Crippen molar-refractivity contribution in [3.05, 3.63) is 24.0 Å². The van der Waals surface area contributed by atoms with Gasteiger partial charge in [0.05, 0.1) is 24.0 Å². The first kappa shape index (κ1) is 13.4. The van der Waals surface area contributed by atoms with Crippen molar-refractivity contribution in [1.82, 2.24) is 10.3 Å². The third-order valence-corrected chi connectivity index (χ3v) is 2.12. The van der Waals surface area contributed by atoms with Crippen molar-refractivity contribution in [3.8, 4) is 0 Å². The summed E-state index contributed by atoms with van der Waals surface area (Å²) in [5.41, 5.74) is 3.01. The van der Waals surface area contributed by atoms with Gasteiger partial charge in [-0.3, -0.25) is 10.6 Å². The number of hydrogen-bond acceptors (Lipinski definition) is 5. The van der Waals surface area contributed by atoms with Crippen LogP contribution in [0.5, 0.6) is 0 Å². The molecule has 6 heteroatoms. The van der Waals surface area contributed by atoms with Crippen LogP contribution in [0.2, 0.25) is 0 Å². The Labute approximate surface area is 101 Å². The summed E-state index contributed by atoms with van der Waals surface area (Å²) in [7, 11) is 1.59. The number of amides is 1. The smallest absolute Gasteiger partial charge is 0.270 e. The molecular weight excluding hydrogens is 220 g/mol. The number of nitrogens with one attached hydrogen (secondary N) is 2. The molecule has 1 heterocycles. The Morgan fingerprint density at radius 3 is 2.71 bits per heavy atom. The molecule has 0 atom stereocenters. The standard InChI is InChI=1S/C11H18N4O2/c1-11(2,7-17-3)14-10(16)9-5-4-8(15-12)6-13-9/h4-6,15H,7,12H2,1-3H3,(H,14,16). The van der Waals surface area contributed by atoms with Gasteiger partial charge in [0.15, 0.2) is 0 Å². The monoisotopic (exact) mass is 238 g/mol. The molecular formula is C11H18N4O2. The highest BCUT2D eigenvalue weighted by Crippen LogP contribution is 2.07. The fraction of sp³-hybridized carbons (Fsp3) is 0.455. The van der Waals surface area contributed by atoms with Crippen molar-refractivity contribution < 1.29 is 9.53 Å². The lowest BCUT2D eigenvalue weighted by Gasteiger charge is -2.24. The Kier molecular flexibility index (Phi) is 4.42. The molecule has 0 aliphatic carbocycles. The van der Waals surface area contributed by atoms with Gasteiger partial charge in [-0.25, -0.2) is 4.98 Å². The first-order valence-electron chi connectivity index (χ1n) is 5.22. The van der Waals surface area contributed by atoms with Crippen LogP contribution >= 0.6 is 0 Å². The largest absolute Gasteiger partial charge is 0.382 e. The average Bonchev–Trinajstić information content (AvgIpc) is 2.28. The molecule has 94 valence electrons. The van der Waals surface area contributed by atoms with Gasteiger partial charge in [0.25, 0.3) is 5.91 Å². The fourth-order valence-corrected chi connectivity index (χ4v) is 1.38. The number of nitrogens with zero attached hydrogens (tertiary/aromatic N) is 1. The molecule has 0 aliphatic rings. The van der Waals surface area contributed by atoms with Crippen LogP contribution in [0.15, 0.2) is 18.3 Å². The molecule has 0 spiro atoms. The van der Waals surface area contributed by atoms with Crippen LogP contribution in [-0.4, -0.2) is 30.1 Å². The van der Waals surface area contributed by atoms with E-state index in [4.69, 9.17) is 10.6 Å². The minimum Gasteiger partial charge on any atom is -0.382 e. The van der Waals surface area contributed by atoms with Crippen molar-refractivity contribution in [2.24, 2.45) is 5.84 Å². The molecule has 0 aromatic carbocycles. The Morgan fingerprint density at radius 1 is 1.53 bits per heavy atom. The Bertz CT molecular complexity index is 376. The number of aromatic nitrogens is 1. The zero-order valence-electron chi connectivity index (χ0n) is 10.3. The van der Waals surface area contributed by atoms with Crippen LogP contribution < -0.4 is 16.6 Å². The Morgan fingerprint density at radius 2 is 2.24 bits per heavy atom. The van der Waals surface area contributed by atoms with E-state index in [1.165, 1.54) is 6.20 Å². The summed E-state index contributed by atoms with van der Waals surface area (Å²) in [5, 5.41) is 2.83. The molecule has 1 rings (SSSR count). The van der Waals surface area contributed by atoms with Gasteiger partial charge < -0.3 is 15.5 Å². The van der Waals surface area contributed by atoms with Crippen molar-refractivity contribution in [3.63, 3.8) is 0 Å². The summed E-state index contributed by atoms with van der Waals surface area (Å²) in [5.74, 6) is 4.97. The number of pyridine rings is 1. The predicted octanol–water partition coefficient (Wildman–Crippen LogP) is 0.522. The molecule has 1 aromatic rings. The van der Waals surface area contributed by atoms with E-state index >= 15 is 0 Å². The normalized spacial score (nSPS) is 11.1. The van der Waals surface area contributed by atoms with Crippen LogP contribution in [0.3, 0.4) is 0 Å². The number of hydrogen-bond donors (Lipinski definition) is 3. The van der Waals surface area contributed by atoms with Gasteiger partial charge in [0.2, 0.25) is 0 Å². The van der Waals surface area contributed by atoms with E-state index in [1.807, 2.05) is 13.8 Å². The zero-order chi connectivity index (χ0) is 12.9. The summed E-state index contributed by atoms with van der Waals surface area (Å²) in [6, 6.07) is 3.29. The number of methoxy groups -OCH3 is 1. The number of nitrogens with two attached hydrogens (primary N) is 1. The first-order chi connectivity index (χ1) is 7.98. The van der Waals surface area contributed by atoms with Gasteiger partial charge in [-0.05, 0) is 26.0 Å². The molecule has 0 saturated carbocycles. The zero-order valence-corrected chi connectivity index (χ0v) is 10.3. The lowest BCUT2D eigenvalue weighted by atomic mass is 10.1. The second-order valence-corrected chi connectivity index (χ2v) is 4.35. The SMILES string of the molecule is COCC(C)(C)NC(=O)c1ccc(NN)cn1. The van der Waals surface area contributed by atoms with E-state index in [0.717, 1.165) is 0 Å². The predicted molar refractivity (Wildman–Crippen MR) is 65.5 cm³/mol. The molecule has 0 unspecified atom stereocenters. The molecule has 1 amide bonds. The van der Waals surface area contributed by atoms with Crippen molar-refractivity contribution in [2.75, 3.05) is 19.1 Å². The highest BCUT2D eigenvalue weighted by molar-refractivity contribution is 5.92. The maximum absolute atomic E-state index is 11.9. The number of rotatable bonds is 5. The lowest BCUT2D eigenvalue weighted by molar-refractivity contribution is 0.0815. The number of ether oxygens (including phenoxy) is 1. The molecule has 6 nitrogen and oxygen atoms in total. The molecule has 4 N–H and O–H groups in total. The van der Waals surface area contributed by atoms with E-state index in [9.17, 15) is 4.79 Å². The number of carbonyl (C=O) groups excluding carboxylic acids is 1. The maximum Gasteiger partial charge on any atom is 0.270 e. The molecule has 0 radical (unpaired) electrons. The van der Waals surface area contributed by atoms with Crippen LogP contribution in [0, 0.1) is 0 Å². The summed E-state index contributed by atoms with van der Waals surface area (Å²) in [4.78, 5) is 15.9. The minimum absolute atomic E-state index is 0.240. The number of nitrogen functional groups attached to an aromatic ring is 1. The van der Waals surface area contributed by atoms with Gasteiger partial charge in [-0.15, -0.1) is 0 Å². The maximum atomic E-state index is 11.9. The van der Waals surface area contributed by atoms with Gasteiger partial charge in [-0.1, -0.05) is 0 Å². The highest BCUT2D eigenvalue weighted by Gasteiger charge is 2.21. The van der Waals surface area contributed by atoms with Gasteiger partial charge in [-0.2, -0.15) is 0 Å². The van der Waals surface area contributed by atoms with Crippen LogP contribution in [0.4, 0.5) is 5.69 Å². The summed E-state index contributed by atoms with van der Waals surface area (Å²) >= 11 is 0. The summed E-state index contributed by atoms with van der Waals surface area (Å²) in [6.45, 7) is 4.19. The molecule has 17 heavy (non-hydrogen) atoms. The summed E-state index contributed by atoms with van der Waals surface area (Å²) < 4.78 is 5.02. The number of anilines is 1. The van der Waals surface area contributed by atoms with Gasteiger partial charge >= 0.3 is 0 Å². The van der Waals surface area contributed by atoms with Crippen LogP contribution in [-0.2, 0) is 4.74 Å². The molecule has 0 bridgehead atoms. The van der Waals surface area contributed by atoms with E-state index in [1.54, 1.807) is 19.2 Å². The van der Waals surface area contributed by atoms with Gasteiger partial charge in [0, 0.05) is 7.11 Å². The topological polar surface area (TPSA) is 89.3 Å². The first-order valence-corrected chi connectivity index (χ1v) is 5.22. The quantitative estimate of drug-likeness (QED) is 0.514. The second-order valence-electron chi connectivity index (χ2n) is 4.35. The van der Waals surface area contributed by atoms with E-state index in [-0.39, 0.29) is 5.91 Å². The fourth-order valence-electron chi connectivity index (χ4n) is 1.38. The molecule has 0 fully saturated rings. The Balaban J connectivity index is 2.69. The number of hydrazine groups is 1. The highest BCUT2D eigenvalue weighted by atomic mass is 16.5. The molecule has 1 aromatic heterocycles. The van der Waals surface area contributed by atoms with Crippen molar-refractivity contribution in [1.29, 1.82) is 0 Å². The molecule has 0 saturated heterocycles. The van der Waals surface area contributed by atoms with E-state index in [2.05, 4.69) is 15.7 Å². The number of carbonyl (C=O) groups is 1. The van der Waals surface area contributed by atoms with E-state index < -0.39 is 5.54 Å². The third kappa shape index (κ3) is 4.01. The van der Waals surface area contributed by atoms with Gasteiger partial charge in [0.1, 0.15) is 5.69 Å². The lowest BCUT2D eigenvalue weighted by Crippen LogP contribution is -2.47. The van der Waals surface area contributed by atoms with Crippen molar-refractivity contribution >= 4 is 11.6 Å². The van der Waals surface area contributed by atoms with E-state index in [0.29, 0.717) is 18.0 Å². The average molecular weight is 238 g/mol. The van der Waals surface area contributed by atoms with Crippen LogP contribution in [0.25, 0.3) is 0 Å². The Hall–Kier alpha value is -1.66.